The number of likely N-dealkylation sites (N-methyl/N-ethyl adjacent to an activating group) is 1. The Balaban J connectivity index is 1.48. The number of benzene rings is 1. The number of aryl methyl sites for hydroxylation is 1. The van der Waals surface area contributed by atoms with Crippen LogP contribution in [-0.4, -0.2) is 89.7 Å². The molecular weight excluding hydrogens is 527 g/mol. The van der Waals surface area contributed by atoms with Crippen molar-refractivity contribution in [1.29, 1.82) is 0 Å². The number of nitrogens with zero attached hydrogens (tertiary/aromatic N) is 3. The molecule has 4 rings (SSSR count). The van der Waals surface area contributed by atoms with E-state index in [0.717, 1.165) is 46.9 Å². The van der Waals surface area contributed by atoms with Crippen LogP contribution in [0.3, 0.4) is 0 Å². The van der Waals surface area contributed by atoms with Gasteiger partial charge in [-0.15, -0.1) is 35.3 Å². The average molecular weight is 566 g/mol. The van der Waals surface area contributed by atoms with Crippen molar-refractivity contribution >= 4 is 51.3 Å². The number of aliphatic hydroxyl groups is 1. The van der Waals surface area contributed by atoms with Crippen LogP contribution in [0, 0.1) is 5.41 Å². The van der Waals surface area contributed by atoms with Gasteiger partial charge in [-0.1, -0.05) is 45.7 Å². The number of rotatable bonds is 10. The summed E-state index contributed by atoms with van der Waals surface area (Å²) in [5, 5.41) is 33.5. The number of aromatic hydroxyl groups is 1. The first-order valence-corrected chi connectivity index (χ1v) is 16.0. The molecule has 3 N–H and O–H groups in total. The second-order valence-electron chi connectivity index (χ2n) is 11.0. The van der Waals surface area contributed by atoms with Crippen LogP contribution in [0.4, 0.5) is 0 Å². The molecule has 5 atom stereocenters. The van der Waals surface area contributed by atoms with Crippen molar-refractivity contribution in [2.75, 3.05) is 24.3 Å². The Bertz CT molecular complexity index is 1080. The fraction of sp³-hybridized carbons (Fsp3) is 0.667. The lowest BCUT2D eigenvalue weighted by atomic mass is 9.83. The fourth-order valence-corrected chi connectivity index (χ4v) is 9.39. The van der Waals surface area contributed by atoms with Gasteiger partial charge in [-0.25, -0.2) is 4.79 Å². The molecule has 1 aromatic rings. The lowest BCUT2D eigenvalue weighted by Gasteiger charge is -2.38. The summed E-state index contributed by atoms with van der Waals surface area (Å²) in [7, 11) is 2.05. The van der Waals surface area contributed by atoms with Gasteiger partial charge in [0.1, 0.15) is 10.8 Å². The van der Waals surface area contributed by atoms with Gasteiger partial charge in [0.15, 0.2) is 5.54 Å². The number of hydrogen-bond donors (Lipinski definition) is 3. The topological polar surface area (TPSA) is 106 Å². The van der Waals surface area contributed by atoms with Gasteiger partial charge in [-0.05, 0) is 38.4 Å². The number of carbonyl (C=O) groups is 1. The summed E-state index contributed by atoms with van der Waals surface area (Å²) in [5.41, 5.74) is 0.243. The van der Waals surface area contributed by atoms with E-state index in [4.69, 9.17) is 4.99 Å². The van der Waals surface area contributed by atoms with Gasteiger partial charge in [0.05, 0.1) is 28.1 Å². The summed E-state index contributed by atoms with van der Waals surface area (Å²) in [5.74, 6) is 1.36. The zero-order valence-corrected chi connectivity index (χ0v) is 24.8. The molecule has 1 aromatic carbocycles. The largest absolute Gasteiger partial charge is 0.507 e. The summed E-state index contributed by atoms with van der Waals surface area (Å²) >= 11 is 4.96. The van der Waals surface area contributed by atoms with Crippen LogP contribution >= 0.6 is 35.3 Å². The third kappa shape index (κ3) is 5.73. The number of hydrogen-bond acceptors (Lipinski definition) is 9. The minimum Gasteiger partial charge on any atom is -0.507 e. The van der Waals surface area contributed by atoms with Crippen molar-refractivity contribution in [3.05, 3.63) is 29.3 Å². The summed E-state index contributed by atoms with van der Waals surface area (Å²) < 4.78 is 0. The first kappa shape index (κ1) is 28.8. The lowest BCUT2D eigenvalue weighted by molar-refractivity contribution is -0.141. The van der Waals surface area contributed by atoms with Gasteiger partial charge in [0, 0.05) is 28.7 Å². The number of aliphatic carboxylic acids is 1. The first-order valence-electron chi connectivity index (χ1n) is 13.0. The third-order valence-electron chi connectivity index (χ3n) is 7.71. The van der Waals surface area contributed by atoms with Crippen LogP contribution in [0.15, 0.2) is 28.2 Å². The van der Waals surface area contributed by atoms with E-state index in [-0.39, 0.29) is 17.5 Å². The van der Waals surface area contributed by atoms with Crippen molar-refractivity contribution in [3.8, 4) is 5.75 Å². The summed E-state index contributed by atoms with van der Waals surface area (Å²) in [6, 6.07) is 5.73. The fourth-order valence-electron chi connectivity index (χ4n) is 5.14. The van der Waals surface area contributed by atoms with Gasteiger partial charge in [0.2, 0.25) is 0 Å². The summed E-state index contributed by atoms with van der Waals surface area (Å²) in [6.07, 6.45) is 3.66. The molecule has 1 saturated heterocycles. The second kappa shape index (κ2) is 11.5. The van der Waals surface area contributed by atoms with Crippen molar-refractivity contribution in [1.82, 2.24) is 4.90 Å². The SMILES string of the molecule is CCCCCc1cccc(O)c1C1=N[C@@H]([C@H]2SC[C@H]([C@@H](O)C(C)(C)C3=N[C@@](C)(C(=O)O)CS3)N2C)CS1. The molecule has 0 unspecified atom stereocenters. The van der Waals surface area contributed by atoms with Crippen molar-refractivity contribution in [2.45, 2.75) is 82.5 Å². The molecule has 0 amide bonds. The Morgan fingerprint density at radius 1 is 1.27 bits per heavy atom. The number of phenols is 1. The number of phenolic OH excluding ortho intramolecular Hbond substituents is 1. The smallest absolute Gasteiger partial charge is 0.332 e. The lowest BCUT2D eigenvalue weighted by Crippen LogP contribution is -2.51. The predicted octanol–water partition coefficient (Wildman–Crippen LogP) is 4.74. The van der Waals surface area contributed by atoms with E-state index < -0.39 is 23.0 Å². The van der Waals surface area contributed by atoms with E-state index >= 15 is 0 Å². The van der Waals surface area contributed by atoms with Crippen molar-refractivity contribution < 1.29 is 20.1 Å². The third-order valence-corrected chi connectivity index (χ3v) is 11.9. The maximum absolute atomic E-state index is 11.7. The van der Waals surface area contributed by atoms with Gasteiger partial charge in [-0.3, -0.25) is 14.9 Å². The van der Waals surface area contributed by atoms with E-state index in [9.17, 15) is 20.1 Å². The molecule has 0 radical (unpaired) electrons. The Kier molecular flexibility index (Phi) is 8.95. The highest BCUT2D eigenvalue weighted by Crippen LogP contribution is 2.44. The highest BCUT2D eigenvalue weighted by atomic mass is 32.2. The number of carboxylic acid groups (broad SMARTS) is 1. The Hall–Kier alpha value is -1.20. The molecule has 0 aliphatic carbocycles. The quantitative estimate of drug-likeness (QED) is 0.350. The van der Waals surface area contributed by atoms with Crippen LogP contribution < -0.4 is 0 Å². The number of carboxylic acids is 1. The van der Waals surface area contributed by atoms with Gasteiger partial charge in [0.25, 0.3) is 0 Å². The molecule has 10 heteroatoms. The van der Waals surface area contributed by atoms with Crippen LogP contribution in [0.1, 0.15) is 58.1 Å². The van der Waals surface area contributed by atoms with Gasteiger partial charge in [-0.2, -0.15) is 0 Å². The summed E-state index contributed by atoms with van der Waals surface area (Å²) in [6.45, 7) is 7.75. The minimum atomic E-state index is -1.14. The molecule has 7 nitrogen and oxygen atoms in total. The Morgan fingerprint density at radius 3 is 2.70 bits per heavy atom. The van der Waals surface area contributed by atoms with Crippen LogP contribution in [0.25, 0.3) is 0 Å². The van der Waals surface area contributed by atoms with E-state index in [2.05, 4.69) is 22.9 Å². The molecule has 3 heterocycles. The van der Waals surface area contributed by atoms with Crippen molar-refractivity contribution in [3.63, 3.8) is 0 Å². The van der Waals surface area contributed by atoms with E-state index in [1.807, 2.05) is 38.7 Å². The first-order chi connectivity index (χ1) is 17.5. The number of unbranched alkanes of at least 4 members (excludes halogenated alkanes) is 2. The molecule has 204 valence electrons. The zero-order chi connectivity index (χ0) is 27.0. The molecule has 3 aliphatic rings. The molecule has 1 fully saturated rings. The van der Waals surface area contributed by atoms with Crippen LogP contribution in [0.2, 0.25) is 0 Å². The van der Waals surface area contributed by atoms with Gasteiger partial charge >= 0.3 is 5.97 Å². The molecular formula is C27H39N3O4S3. The number of aliphatic imine (C=N–C) groups is 2. The maximum Gasteiger partial charge on any atom is 0.332 e. The van der Waals surface area contributed by atoms with Gasteiger partial charge < -0.3 is 15.3 Å². The van der Waals surface area contributed by atoms with E-state index in [1.165, 1.54) is 18.2 Å². The molecule has 3 aliphatic heterocycles. The average Bonchev–Trinajstić information content (AvgIpc) is 3.58. The van der Waals surface area contributed by atoms with Crippen LogP contribution in [-0.2, 0) is 11.2 Å². The second-order valence-corrected chi connectivity index (χ2v) is 14.1. The highest BCUT2D eigenvalue weighted by molar-refractivity contribution is 8.15. The van der Waals surface area contributed by atoms with Crippen LogP contribution in [0.5, 0.6) is 5.75 Å². The zero-order valence-electron chi connectivity index (χ0n) is 22.3. The summed E-state index contributed by atoms with van der Waals surface area (Å²) in [4.78, 5) is 23.5. The Labute approximate surface area is 233 Å². The number of thioether (sulfide) groups is 3. The molecule has 0 saturated carbocycles. The number of aliphatic hydroxyl groups excluding tert-OH is 1. The highest BCUT2D eigenvalue weighted by Gasteiger charge is 2.50. The standard InChI is InChI=1S/C27H39N3O4S3/c1-6-7-8-10-16-11-9-12-19(31)20(16)22-28-17(13-35-22)23-30(5)18(14-36-23)21(32)26(2,3)24-29-27(4,15-37-24)25(33)34/h9,11-12,17-18,21,23,31-32H,6-8,10,13-15H2,1-5H3,(H,33,34)/t17-,18-,21-,23-,27-/m1/s1. The minimum absolute atomic E-state index is 0.0620. The Morgan fingerprint density at radius 2 is 2.03 bits per heavy atom. The van der Waals surface area contributed by atoms with Crippen molar-refractivity contribution in [2.24, 2.45) is 15.4 Å². The molecule has 0 bridgehead atoms. The molecule has 0 aromatic heterocycles. The van der Waals surface area contributed by atoms with E-state index in [1.54, 1.807) is 24.8 Å². The predicted molar refractivity (Wildman–Crippen MR) is 158 cm³/mol. The molecule has 0 spiro atoms. The monoisotopic (exact) mass is 565 g/mol. The maximum atomic E-state index is 11.7. The normalized spacial score (nSPS) is 29.4. The molecule has 37 heavy (non-hydrogen) atoms. The van der Waals surface area contributed by atoms with E-state index in [0.29, 0.717) is 16.5 Å².